The normalized spacial score (nSPS) is 16.7. The zero-order valence-electron chi connectivity index (χ0n) is 15.2. The molecular formula is C18H34IN5. The van der Waals surface area contributed by atoms with Gasteiger partial charge in [-0.15, -0.1) is 24.0 Å². The lowest BCUT2D eigenvalue weighted by atomic mass is 9.94. The fourth-order valence-corrected chi connectivity index (χ4v) is 3.11. The highest BCUT2D eigenvalue weighted by atomic mass is 127. The van der Waals surface area contributed by atoms with Crippen LogP contribution in [0.25, 0.3) is 0 Å². The number of likely N-dealkylation sites (tertiary alicyclic amines) is 1. The first-order chi connectivity index (χ1) is 11.3. The summed E-state index contributed by atoms with van der Waals surface area (Å²) in [5.41, 5.74) is 0. The molecule has 0 aliphatic carbocycles. The lowest BCUT2D eigenvalue weighted by Crippen LogP contribution is -2.39. The van der Waals surface area contributed by atoms with Gasteiger partial charge in [0.05, 0.1) is 0 Å². The zero-order chi connectivity index (χ0) is 16.3. The predicted molar refractivity (Wildman–Crippen MR) is 113 cm³/mol. The Balaban J connectivity index is 0.00000288. The molecule has 1 aliphatic heterocycles. The van der Waals surface area contributed by atoms with Crippen LogP contribution >= 0.6 is 24.0 Å². The van der Waals surface area contributed by atoms with E-state index in [9.17, 15) is 0 Å². The Morgan fingerprint density at radius 3 is 2.46 bits per heavy atom. The fourth-order valence-electron chi connectivity index (χ4n) is 3.11. The van der Waals surface area contributed by atoms with Crippen LogP contribution in [-0.2, 0) is 6.54 Å². The summed E-state index contributed by atoms with van der Waals surface area (Å²) in [4.78, 5) is 7.29. The molecule has 0 radical (unpaired) electrons. The van der Waals surface area contributed by atoms with Crippen molar-refractivity contribution in [1.29, 1.82) is 0 Å². The van der Waals surface area contributed by atoms with Gasteiger partial charge in [0.15, 0.2) is 5.96 Å². The van der Waals surface area contributed by atoms with Crippen LogP contribution in [0.2, 0.25) is 0 Å². The first-order valence-corrected chi connectivity index (χ1v) is 9.17. The Bertz CT molecular complexity index is 438. The Labute approximate surface area is 164 Å². The van der Waals surface area contributed by atoms with Crippen LogP contribution in [0.5, 0.6) is 0 Å². The van der Waals surface area contributed by atoms with Crippen LogP contribution in [0.15, 0.2) is 29.5 Å². The summed E-state index contributed by atoms with van der Waals surface area (Å²) in [6.07, 6.45) is 8.07. The number of piperidine rings is 1. The third-order valence-corrected chi connectivity index (χ3v) is 4.63. The molecule has 5 nitrogen and oxygen atoms in total. The van der Waals surface area contributed by atoms with Crippen LogP contribution in [0.1, 0.15) is 33.1 Å². The lowest BCUT2D eigenvalue weighted by molar-refractivity contribution is 0.188. The van der Waals surface area contributed by atoms with Gasteiger partial charge >= 0.3 is 0 Å². The molecule has 1 saturated heterocycles. The molecule has 1 aromatic rings. The van der Waals surface area contributed by atoms with Crippen molar-refractivity contribution in [3.63, 3.8) is 0 Å². The summed E-state index contributed by atoms with van der Waals surface area (Å²) in [5.74, 6) is 1.80. The van der Waals surface area contributed by atoms with Crippen molar-refractivity contribution >= 4 is 29.9 Å². The summed E-state index contributed by atoms with van der Waals surface area (Å²) in [7, 11) is 0. The maximum atomic E-state index is 4.74. The van der Waals surface area contributed by atoms with E-state index in [4.69, 9.17) is 4.99 Å². The van der Waals surface area contributed by atoms with Gasteiger partial charge < -0.3 is 20.1 Å². The van der Waals surface area contributed by atoms with Crippen LogP contribution in [0.3, 0.4) is 0 Å². The first-order valence-electron chi connectivity index (χ1n) is 9.17. The Kier molecular flexibility index (Phi) is 11.2. The average Bonchev–Trinajstić information content (AvgIpc) is 3.09. The minimum atomic E-state index is 0. The standard InChI is InChI=1S/C18H33N5.HI/c1-3-19-18(21-11-16-23-12-5-6-13-23)20-10-7-17-8-14-22(4-2)15-9-17;/h5-6,12-13,17H,3-4,7-11,14-16H2,1-2H3,(H2,19,20,21);1H. The minimum Gasteiger partial charge on any atom is -0.357 e. The second-order valence-corrected chi connectivity index (χ2v) is 6.27. The molecule has 24 heavy (non-hydrogen) atoms. The number of nitrogens with one attached hydrogen (secondary N) is 2. The molecule has 138 valence electrons. The van der Waals surface area contributed by atoms with Gasteiger partial charge in [0, 0.05) is 38.6 Å². The van der Waals surface area contributed by atoms with Crippen LogP contribution in [0, 0.1) is 5.92 Å². The van der Waals surface area contributed by atoms with E-state index in [0.29, 0.717) is 0 Å². The Hall–Kier alpha value is -0.760. The molecule has 0 atom stereocenters. The quantitative estimate of drug-likeness (QED) is 0.366. The first kappa shape index (κ1) is 21.3. The lowest BCUT2D eigenvalue weighted by Gasteiger charge is -2.30. The van der Waals surface area contributed by atoms with E-state index in [2.05, 4.69) is 58.5 Å². The minimum absolute atomic E-state index is 0. The smallest absolute Gasteiger partial charge is 0.191 e. The SMILES string of the molecule is CCNC(=NCCC1CCN(CC)CC1)NCCn1cccc1.I. The molecule has 1 fully saturated rings. The van der Waals surface area contributed by atoms with Gasteiger partial charge in [0.2, 0.25) is 0 Å². The predicted octanol–water partition coefficient (Wildman–Crippen LogP) is 2.78. The number of guanidine groups is 1. The van der Waals surface area contributed by atoms with Crippen LogP contribution in [-0.4, -0.2) is 54.7 Å². The molecular weight excluding hydrogens is 413 g/mol. The van der Waals surface area contributed by atoms with E-state index < -0.39 is 0 Å². The molecule has 0 aromatic carbocycles. The molecule has 0 bridgehead atoms. The van der Waals surface area contributed by atoms with Gasteiger partial charge in [-0.25, -0.2) is 0 Å². The largest absolute Gasteiger partial charge is 0.357 e. The van der Waals surface area contributed by atoms with Crippen molar-refractivity contribution in [2.75, 3.05) is 39.3 Å². The van der Waals surface area contributed by atoms with Crippen molar-refractivity contribution in [1.82, 2.24) is 20.1 Å². The molecule has 2 rings (SSSR count). The van der Waals surface area contributed by atoms with Gasteiger partial charge in [-0.1, -0.05) is 6.92 Å². The molecule has 0 amide bonds. The highest BCUT2D eigenvalue weighted by molar-refractivity contribution is 14.0. The number of rotatable bonds is 8. The van der Waals surface area contributed by atoms with Gasteiger partial charge in [-0.3, -0.25) is 4.99 Å². The second-order valence-electron chi connectivity index (χ2n) is 6.27. The molecule has 0 unspecified atom stereocenters. The Morgan fingerprint density at radius 1 is 1.12 bits per heavy atom. The summed E-state index contributed by atoms with van der Waals surface area (Å²) in [5, 5.41) is 6.76. The third-order valence-electron chi connectivity index (χ3n) is 4.63. The van der Waals surface area contributed by atoms with E-state index in [1.54, 1.807) is 0 Å². The number of hydrogen-bond donors (Lipinski definition) is 2. The van der Waals surface area contributed by atoms with Crippen molar-refractivity contribution in [3.8, 4) is 0 Å². The van der Waals surface area contributed by atoms with Gasteiger partial charge in [0.1, 0.15) is 0 Å². The molecule has 1 aliphatic rings. The monoisotopic (exact) mass is 447 g/mol. The number of halogens is 1. The summed E-state index contributed by atoms with van der Waals surface area (Å²) >= 11 is 0. The molecule has 2 heterocycles. The van der Waals surface area contributed by atoms with Crippen LogP contribution in [0.4, 0.5) is 0 Å². The van der Waals surface area contributed by atoms with Crippen molar-refractivity contribution < 1.29 is 0 Å². The number of hydrogen-bond acceptors (Lipinski definition) is 2. The van der Waals surface area contributed by atoms with Crippen LogP contribution < -0.4 is 10.6 Å². The van der Waals surface area contributed by atoms with Crippen molar-refractivity contribution in [2.45, 2.75) is 39.7 Å². The highest BCUT2D eigenvalue weighted by Gasteiger charge is 2.17. The van der Waals surface area contributed by atoms with Crippen molar-refractivity contribution in [2.24, 2.45) is 10.9 Å². The highest BCUT2D eigenvalue weighted by Crippen LogP contribution is 2.19. The topological polar surface area (TPSA) is 44.6 Å². The number of nitrogens with zero attached hydrogens (tertiary/aromatic N) is 3. The molecule has 6 heteroatoms. The molecule has 1 aromatic heterocycles. The van der Waals surface area contributed by atoms with E-state index in [-0.39, 0.29) is 24.0 Å². The maximum Gasteiger partial charge on any atom is 0.191 e. The number of aliphatic imine (C=N–C) groups is 1. The summed E-state index contributed by atoms with van der Waals surface area (Å²) < 4.78 is 2.18. The molecule has 0 saturated carbocycles. The number of aromatic nitrogens is 1. The molecule has 2 N–H and O–H groups in total. The van der Waals surface area contributed by atoms with Gasteiger partial charge in [-0.2, -0.15) is 0 Å². The van der Waals surface area contributed by atoms with Gasteiger partial charge in [0.25, 0.3) is 0 Å². The van der Waals surface area contributed by atoms with E-state index >= 15 is 0 Å². The van der Waals surface area contributed by atoms with E-state index in [1.165, 1.54) is 38.9 Å². The fraction of sp³-hybridized carbons (Fsp3) is 0.722. The van der Waals surface area contributed by atoms with E-state index in [1.807, 2.05) is 0 Å². The summed E-state index contributed by atoms with van der Waals surface area (Å²) in [6.45, 7) is 11.8. The average molecular weight is 447 g/mol. The maximum absolute atomic E-state index is 4.74. The second kappa shape index (κ2) is 12.6. The van der Waals surface area contributed by atoms with E-state index in [0.717, 1.165) is 38.1 Å². The zero-order valence-corrected chi connectivity index (χ0v) is 17.5. The van der Waals surface area contributed by atoms with Crippen molar-refractivity contribution in [3.05, 3.63) is 24.5 Å². The molecule has 0 spiro atoms. The van der Waals surface area contributed by atoms with Gasteiger partial charge in [-0.05, 0) is 63.9 Å². The third kappa shape index (κ3) is 7.88. The Morgan fingerprint density at radius 2 is 1.83 bits per heavy atom. The summed E-state index contributed by atoms with van der Waals surface area (Å²) in [6, 6.07) is 4.12.